The van der Waals surface area contributed by atoms with E-state index >= 15 is 0 Å². The molecule has 2 atom stereocenters. The first-order valence-corrected chi connectivity index (χ1v) is 6.84. The van der Waals surface area contributed by atoms with Crippen molar-refractivity contribution in [2.24, 2.45) is 5.73 Å². The average molecular weight is 272 g/mol. The van der Waals surface area contributed by atoms with Crippen molar-refractivity contribution < 1.29 is 4.39 Å². The second-order valence-electron chi connectivity index (χ2n) is 5.15. The fraction of sp³-hybridized carbons (Fsp3) is 0.294. The predicted molar refractivity (Wildman–Crippen MR) is 80.8 cm³/mol. The molecule has 2 N–H and O–H groups in total. The minimum atomic E-state index is -0.167. The van der Waals surface area contributed by atoms with Gasteiger partial charge >= 0.3 is 0 Å². The molecule has 0 bridgehead atoms. The summed E-state index contributed by atoms with van der Waals surface area (Å²) in [6.07, 6.45) is 0. The Kier molecular flexibility index (Phi) is 4.88. The molecule has 2 aromatic rings. The molecule has 0 aromatic heterocycles. The van der Waals surface area contributed by atoms with E-state index in [0.717, 1.165) is 5.56 Å². The normalized spacial score (nSPS) is 14.2. The summed E-state index contributed by atoms with van der Waals surface area (Å²) in [6.45, 7) is 2.68. The van der Waals surface area contributed by atoms with Gasteiger partial charge in [-0.3, -0.25) is 4.90 Å². The quantitative estimate of drug-likeness (QED) is 0.902. The van der Waals surface area contributed by atoms with Crippen molar-refractivity contribution in [2.75, 3.05) is 13.6 Å². The molecule has 0 radical (unpaired) electrons. The number of hydrogen-bond donors (Lipinski definition) is 1. The van der Waals surface area contributed by atoms with Crippen molar-refractivity contribution in [3.05, 3.63) is 71.5 Å². The molecular weight excluding hydrogens is 251 g/mol. The Morgan fingerprint density at radius 3 is 2.30 bits per heavy atom. The zero-order chi connectivity index (χ0) is 14.5. The summed E-state index contributed by atoms with van der Waals surface area (Å²) in [5, 5.41) is 0. The molecule has 0 aliphatic heterocycles. The molecule has 0 amide bonds. The van der Waals surface area contributed by atoms with Crippen LogP contribution >= 0.6 is 0 Å². The standard InChI is InChI=1S/C17H21FN2/c1-13(15-10-6-7-11-16(15)18)20(2)12-17(19)14-8-4-3-5-9-14/h3-11,13,17H,12,19H2,1-2H3. The van der Waals surface area contributed by atoms with Crippen LogP contribution in [0.1, 0.15) is 30.1 Å². The van der Waals surface area contributed by atoms with Gasteiger partial charge in [0.1, 0.15) is 5.82 Å². The van der Waals surface area contributed by atoms with E-state index in [0.29, 0.717) is 12.1 Å². The lowest BCUT2D eigenvalue weighted by Gasteiger charge is -2.28. The zero-order valence-electron chi connectivity index (χ0n) is 12.0. The van der Waals surface area contributed by atoms with Gasteiger partial charge in [-0.15, -0.1) is 0 Å². The van der Waals surface area contributed by atoms with Gasteiger partial charge in [0.2, 0.25) is 0 Å². The van der Waals surface area contributed by atoms with Crippen LogP contribution in [0, 0.1) is 5.82 Å². The van der Waals surface area contributed by atoms with E-state index in [4.69, 9.17) is 5.73 Å². The first-order chi connectivity index (χ1) is 9.59. The lowest BCUT2D eigenvalue weighted by molar-refractivity contribution is 0.241. The van der Waals surface area contributed by atoms with Gasteiger partial charge in [0.25, 0.3) is 0 Å². The Morgan fingerprint density at radius 1 is 1.05 bits per heavy atom. The molecule has 0 spiro atoms. The third-order valence-electron chi connectivity index (χ3n) is 3.73. The summed E-state index contributed by atoms with van der Waals surface area (Å²) in [5.41, 5.74) is 8.02. The monoisotopic (exact) mass is 272 g/mol. The molecule has 0 saturated carbocycles. The van der Waals surface area contributed by atoms with E-state index in [-0.39, 0.29) is 17.9 Å². The summed E-state index contributed by atoms with van der Waals surface area (Å²) < 4.78 is 13.8. The van der Waals surface area contributed by atoms with Crippen LogP contribution in [-0.2, 0) is 0 Å². The fourth-order valence-corrected chi connectivity index (χ4v) is 2.33. The third-order valence-corrected chi connectivity index (χ3v) is 3.73. The lowest BCUT2D eigenvalue weighted by atomic mass is 10.0. The summed E-state index contributed by atoms with van der Waals surface area (Å²) in [7, 11) is 1.97. The molecule has 0 fully saturated rings. The molecule has 0 aliphatic rings. The average Bonchev–Trinajstić information content (AvgIpc) is 2.48. The smallest absolute Gasteiger partial charge is 0.127 e. The van der Waals surface area contributed by atoms with Gasteiger partial charge in [-0.2, -0.15) is 0 Å². The van der Waals surface area contributed by atoms with Gasteiger partial charge in [0, 0.05) is 24.2 Å². The number of nitrogens with two attached hydrogens (primary N) is 1. The summed E-state index contributed by atoms with van der Waals surface area (Å²) in [4.78, 5) is 2.08. The maximum absolute atomic E-state index is 13.8. The van der Waals surface area contributed by atoms with Crippen molar-refractivity contribution in [2.45, 2.75) is 19.0 Å². The van der Waals surface area contributed by atoms with Crippen molar-refractivity contribution in [3.63, 3.8) is 0 Å². The van der Waals surface area contributed by atoms with Crippen LogP contribution in [-0.4, -0.2) is 18.5 Å². The van der Waals surface area contributed by atoms with Gasteiger partial charge in [-0.1, -0.05) is 48.5 Å². The first-order valence-electron chi connectivity index (χ1n) is 6.84. The highest BCUT2D eigenvalue weighted by molar-refractivity contribution is 5.22. The van der Waals surface area contributed by atoms with Crippen molar-refractivity contribution in [3.8, 4) is 0 Å². The number of benzene rings is 2. The van der Waals surface area contributed by atoms with E-state index in [1.165, 1.54) is 6.07 Å². The molecule has 2 unspecified atom stereocenters. The lowest BCUT2D eigenvalue weighted by Crippen LogP contribution is -2.31. The van der Waals surface area contributed by atoms with Gasteiger partial charge in [-0.05, 0) is 25.6 Å². The molecule has 3 heteroatoms. The number of likely N-dealkylation sites (N-methyl/N-ethyl adjacent to an activating group) is 1. The summed E-state index contributed by atoms with van der Waals surface area (Å²) in [6, 6.07) is 16.8. The van der Waals surface area contributed by atoms with E-state index in [1.807, 2.05) is 56.4 Å². The van der Waals surface area contributed by atoms with Crippen molar-refractivity contribution in [1.82, 2.24) is 4.90 Å². The minimum absolute atomic E-state index is 0.00837. The minimum Gasteiger partial charge on any atom is -0.323 e. The summed E-state index contributed by atoms with van der Waals surface area (Å²) in [5.74, 6) is -0.167. The molecule has 0 saturated heterocycles. The SMILES string of the molecule is CC(c1ccccc1F)N(C)CC(N)c1ccccc1. The molecule has 20 heavy (non-hydrogen) atoms. The highest BCUT2D eigenvalue weighted by Crippen LogP contribution is 2.23. The van der Waals surface area contributed by atoms with E-state index in [2.05, 4.69) is 4.90 Å². The predicted octanol–water partition coefficient (Wildman–Crippen LogP) is 3.52. The van der Waals surface area contributed by atoms with E-state index < -0.39 is 0 Å². The van der Waals surface area contributed by atoms with Crippen LogP contribution in [0.15, 0.2) is 54.6 Å². The van der Waals surface area contributed by atoms with Crippen LogP contribution < -0.4 is 5.73 Å². The molecule has 2 aromatic carbocycles. The second-order valence-corrected chi connectivity index (χ2v) is 5.15. The largest absolute Gasteiger partial charge is 0.323 e. The Balaban J connectivity index is 2.05. The molecule has 106 valence electrons. The van der Waals surface area contributed by atoms with Crippen molar-refractivity contribution in [1.29, 1.82) is 0 Å². The van der Waals surface area contributed by atoms with Crippen molar-refractivity contribution >= 4 is 0 Å². The maximum Gasteiger partial charge on any atom is 0.127 e. The number of hydrogen-bond acceptors (Lipinski definition) is 2. The molecular formula is C17H21FN2. The highest BCUT2D eigenvalue weighted by Gasteiger charge is 2.17. The zero-order valence-corrected chi connectivity index (χ0v) is 12.0. The second kappa shape index (κ2) is 6.64. The van der Waals surface area contributed by atoms with Crippen LogP contribution in [0.25, 0.3) is 0 Å². The summed E-state index contributed by atoms with van der Waals surface area (Å²) >= 11 is 0. The first kappa shape index (κ1) is 14.7. The van der Waals surface area contributed by atoms with Crippen LogP contribution in [0.3, 0.4) is 0 Å². The van der Waals surface area contributed by atoms with Gasteiger partial charge in [0.05, 0.1) is 0 Å². The Labute approximate surface area is 120 Å². The number of nitrogens with zero attached hydrogens (tertiary/aromatic N) is 1. The molecule has 0 heterocycles. The third kappa shape index (κ3) is 3.44. The Bertz CT molecular complexity index is 542. The van der Waals surface area contributed by atoms with E-state index in [9.17, 15) is 4.39 Å². The topological polar surface area (TPSA) is 29.3 Å². The molecule has 2 nitrogen and oxygen atoms in total. The molecule has 0 aliphatic carbocycles. The maximum atomic E-state index is 13.8. The molecule has 2 rings (SSSR count). The van der Waals surface area contributed by atoms with Crippen LogP contribution in [0.4, 0.5) is 4.39 Å². The fourth-order valence-electron chi connectivity index (χ4n) is 2.33. The van der Waals surface area contributed by atoms with E-state index in [1.54, 1.807) is 6.07 Å². The van der Waals surface area contributed by atoms with Gasteiger partial charge < -0.3 is 5.73 Å². The number of halogens is 1. The number of rotatable bonds is 5. The van der Waals surface area contributed by atoms with Gasteiger partial charge in [0.15, 0.2) is 0 Å². The van der Waals surface area contributed by atoms with Crippen LogP contribution in [0.5, 0.6) is 0 Å². The van der Waals surface area contributed by atoms with Crippen LogP contribution in [0.2, 0.25) is 0 Å². The Morgan fingerprint density at radius 2 is 1.65 bits per heavy atom. The highest BCUT2D eigenvalue weighted by atomic mass is 19.1. The van der Waals surface area contributed by atoms with Gasteiger partial charge in [-0.25, -0.2) is 4.39 Å². The Hall–Kier alpha value is -1.71.